The molecule has 0 radical (unpaired) electrons. The summed E-state index contributed by atoms with van der Waals surface area (Å²) in [6.07, 6.45) is 9.47. The fourth-order valence-electron chi connectivity index (χ4n) is 5.55. The van der Waals surface area contributed by atoms with Crippen LogP contribution in [0.25, 0.3) is 0 Å². The van der Waals surface area contributed by atoms with Crippen molar-refractivity contribution >= 4 is 25.1 Å². The van der Waals surface area contributed by atoms with Gasteiger partial charge in [0.2, 0.25) is 0 Å². The maximum absolute atomic E-state index is 13.8. The van der Waals surface area contributed by atoms with Gasteiger partial charge in [-0.2, -0.15) is 0 Å². The van der Waals surface area contributed by atoms with Crippen LogP contribution in [0.2, 0.25) is 18.1 Å². The predicted molar refractivity (Wildman–Crippen MR) is 160 cm³/mol. The molecule has 0 aliphatic heterocycles. The summed E-state index contributed by atoms with van der Waals surface area (Å²) in [7, 11) is -3.26. The Morgan fingerprint density at radius 2 is 1.89 bits per heavy atom. The first-order valence-corrected chi connectivity index (χ1v) is 18.1. The van der Waals surface area contributed by atoms with Crippen LogP contribution in [0, 0.1) is 29.1 Å². The minimum absolute atomic E-state index is 0.0339. The summed E-state index contributed by atoms with van der Waals surface area (Å²) in [6, 6.07) is 9.64. The molecule has 0 aromatic heterocycles. The molecule has 1 saturated carbocycles. The van der Waals surface area contributed by atoms with Gasteiger partial charge in [0.05, 0.1) is 15.7 Å². The first-order chi connectivity index (χ1) is 17.6. The van der Waals surface area contributed by atoms with E-state index in [0.717, 1.165) is 29.1 Å². The van der Waals surface area contributed by atoms with Gasteiger partial charge in [-0.25, -0.2) is 4.21 Å². The first kappa shape index (κ1) is 30.8. The lowest BCUT2D eigenvalue weighted by atomic mass is 9.62. The topological polar surface area (TPSA) is 52.6 Å². The second kappa shape index (κ2) is 12.2. The molecular formula is C32H48O4SSi. The molecule has 4 nitrogen and oxygen atoms in total. The van der Waals surface area contributed by atoms with Crippen molar-refractivity contribution in [3.05, 3.63) is 59.2 Å². The number of carbonyl (C=O) groups excluding carboxylic acids is 1. The van der Waals surface area contributed by atoms with Crippen molar-refractivity contribution in [3.8, 4) is 0 Å². The highest BCUT2D eigenvalue weighted by molar-refractivity contribution is 7.89. The van der Waals surface area contributed by atoms with Gasteiger partial charge in [-0.3, -0.25) is 4.79 Å². The predicted octanol–water partition coefficient (Wildman–Crippen LogP) is 8.05. The van der Waals surface area contributed by atoms with E-state index in [1.807, 2.05) is 30.3 Å². The maximum atomic E-state index is 13.8. The number of hydrogen-bond donors (Lipinski definition) is 0. The van der Waals surface area contributed by atoms with Gasteiger partial charge in [0.25, 0.3) is 0 Å². The summed E-state index contributed by atoms with van der Waals surface area (Å²) >= 11 is 0. The summed E-state index contributed by atoms with van der Waals surface area (Å²) < 4.78 is 26.1. The van der Waals surface area contributed by atoms with E-state index in [0.29, 0.717) is 18.4 Å². The van der Waals surface area contributed by atoms with Crippen LogP contribution in [0.5, 0.6) is 0 Å². The van der Waals surface area contributed by atoms with E-state index in [2.05, 4.69) is 78.6 Å². The minimum atomic E-state index is -1.94. The number of fused-ring (bicyclic) bond motifs is 1. The molecule has 7 unspecified atom stereocenters. The summed E-state index contributed by atoms with van der Waals surface area (Å²) in [4.78, 5) is 13.4. The molecule has 0 spiro atoms. The van der Waals surface area contributed by atoms with Gasteiger partial charge in [0.1, 0.15) is 6.10 Å². The van der Waals surface area contributed by atoms with Crippen LogP contribution in [0.4, 0.5) is 0 Å². The molecule has 2 aliphatic rings. The smallest absolute Gasteiger partial charge is 0.302 e. The molecule has 1 aromatic rings. The number of carbonyl (C=O) groups is 1. The van der Waals surface area contributed by atoms with Gasteiger partial charge in [-0.05, 0) is 72.9 Å². The fourth-order valence-corrected chi connectivity index (χ4v) is 7.92. The van der Waals surface area contributed by atoms with E-state index in [4.69, 9.17) is 9.16 Å². The molecule has 210 valence electrons. The number of hydrogen-bond acceptors (Lipinski definition) is 4. The lowest BCUT2D eigenvalue weighted by Crippen LogP contribution is -2.43. The van der Waals surface area contributed by atoms with Gasteiger partial charge in [0, 0.05) is 30.3 Å². The van der Waals surface area contributed by atoms with E-state index < -0.39 is 19.1 Å². The standard InChI is InChI=1S/C32H48O4SSi/c1-23(26-20-29(36-25(3)33)28-16-13-19-32(28,7)21-26)17-18-30(37(34)27-14-11-10-12-15-27)24(2)22-35-38(8,9)31(4,5)6/h10-15,17,19,23-24,26,28-29H,16,20-22H2,1-9H3. The molecule has 3 rings (SSSR count). The Labute approximate surface area is 234 Å². The van der Waals surface area contributed by atoms with Crippen LogP contribution in [-0.4, -0.2) is 31.2 Å². The Hall–Kier alpha value is -1.72. The first-order valence-electron chi connectivity index (χ1n) is 14.1. The molecule has 0 saturated heterocycles. The van der Waals surface area contributed by atoms with Crippen molar-refractivity contribution in [2.45, 2.75) is 96.9 Å². The van der Waals surface area contributed by atoms with Crippen LogP contribution in [0.1, 0.15) is 67.7 Å². The third-order valence-corrected chi connectivity index (χ3v) is 15.2. The monoisotopic (exact) mass is 556 g/mol. The zero-order valence-corrected chi connectivity index (χ0v) is 26.7. The highest BCUT2D eigenvalue weighted by atomic mass is 32.2. The van der Waals surface area contributed by atoms with Crippen molar-refractivity contribution in [1.82, 2.24) is 0 Å². The van der Waals surface area contributed by atoms with Crippen molar-refractivity contribution in [2.24, 2.45) is 29.1 Å². The van der Waals surface area contributed by atoms with E-state index in [-0.39, 0.29) is 34.4 Å². The summed E-state index contributed by atoms with van der Waals surface area (Å²) in [5.74, 6) is 0.665. The third-order valence-electron chi connectivity index (χ3n) is 9.08. The van der Waals surface area contributed by atoms with Crippen LogP contribution < -0.4 is 0 Å². The Kier molecular flexibility index (Phi) is 9.90. The molecular weight excluding hydrogens is 509 g/mol. The zero-order chi connectivity index (χ0) is 28.3. The molecule has 0 bridgehead atoms. The van der Waals surface area contributed by atoms with Crippen molar-refractivity contribution in [3.63, 3.8) is 0 Å². The molecule has 2 aliphatic carbocycles. The average molecular weight is 557 g/mol. The average Bonchev–Trinajstić information content (AvgIpc) is 3.24. The lowest BCUT2D eigenvalue weighted by molar-refractivity contribution is -0.155. The number of benzene rings is 1. The van der Waals surface area contributed by atoms with Crippen molar-refractivity contribution in [1.29, 1.82) is 0 Å². The fraction of sp³-hybridized carbons (Fsp3) is 0.625. The molecule has 7 atom stereocenters. The van der Waals surface area contributed by atoms with Crippen molar-refractivity contribution in [2.75, 3.05) is 6.61 Å². The van der Waals surface area contributed by atoms with E-state index in [1.54, 1.807) is 0 Å². The molecule has 0 heterocycles. The Morgan fingerprint density at radius 3 is 2.50 bits per heavy atom. The molecule has 0 N–H and O–H groups in total. The summed E-state index contributed by atoms with van der Waals surface area (Å²) in [6.45, 7) is 19.9. The minimum Gasteiger partial charge on any atom is -0.462 e. The second-order valence-electron chi connectivity index (χ2n) is 13.2. The third kappa shape index (κ3) is 7.27. The van der Waals surface area contributed by atoms with Gasteiger partial charge < -0.3 is 9.16 Å². The SMILES string of the molecule is CC(=O)OC1CC(C(C)C=C=C(C(C)CO[Si](C)(C)C(C)(C)C)S(=O)c2ccccc2)CC2(C)C=CCC12. The highest BCUT2D eigenvalue weighted by Crippen LogP contribution is 2.52. The molecule has 6 heteroatoms. The van der Waals surface area contributed by atoms with Crippen molar-refractivity contribution < 1.29 is 18.2 Å². The molecule has 1 aromatic carbocycles. The zero-order valence-electron chi connectivity index (χ0n) is 24.9. The van der Waals surface area contributed by atoms with E-state index in [9.17, 15) is 9.00 Å². The normalized spacial score (nSPS) is 27.6. The molecule has 1 fully saturated rings. The largest absolute Gasteiger partial charge is 0.462 e. The summed E-state index contributed by atoms with van der Waals surface area (Å²) in [5.41, 5.74) is 3.56. The van der Waals surface area contributed by atoms with Gasteiger partial charge in [-0.1, -0.05) is 71.9 Å². The Balaban J connectivity index is 1.89. The quantitative estimate of drug-likeness (QED) is 0.134. The molecule has 0 amide bonds. The van der Waals surface area contributed by atoms with Gasteiger partial charge in [-0.15, -0.1) is 5.73 Å². The van der Waals surface area contributed by atoms with Gasteiger partial charge >= 0.3 is 5.97 Å². The van der Waals surface area contributed by atoms with Crippen LogP contribution in [-0.2, 0) is 24.8 Å². The Morgan fingerprint density at radius 1 is 1.24 bits per heavy atom. The summed E-state index contributed by atoms with van der Waals surface area (Å²) in [5, 5.41) is 0.113. The molecule has 38 heavy (non-hydrogen) atoms. The van der Waals surface area contributed by atoms with Crippen LogP contribution in [0.15, 0.2) is 64.1 Å². The highest BCUT2D eigenvalue weighted by Gasteiger charge is 2.48. The number of esters is 1. The second-order valence-corrected chi connectivity index (χ2v) is 19.4. The maximum Gasteiger partial charge on any atom is 0.302 e. The lowest BCUT2D eigenvalue weighted by Gasteiger charge is -2.45. The number of allylic oxidation sites excluding steroid dienone is 2. The van der Waals surface area contributed by atoms with Crippen LogP contribution >= 0.6 is 0 Å². The van der Waals surface area contributed by atoms with E-state index in [1.165, 1.54) is 6.92 Å². The number of rotatable bonds is 9. The van der Waals surface area contributed by atoms with Gasteiger partial charge in [0.15, 0.2) is 8.32 Å². The van der Waals surface area contributed by atoms with Crippen LogP contribution in [0.3, 0.4) is 0 Å². The van der Waals surface area contributed by atoms with E-state index >= 15 is 0 Å². The number of ether oxygens (including phenoxy) is 1. The Bertz CT molecular complexity index is 1100.